The fourth-order valence-corrected chi connectivity index (χ4v) is 3.11. The molecule has 0 radical (unpaired) electrons. The molecule has 1 unspecified atom stereocenters. The first-order valence-electron chi connectivity index (χ1n) is 8.81. The molecule has 1 aliphatic rings. The van der Waals surface area contributed by atoms with Crippen molar-refractivity contribution >= 4 is 17.8 Å². The van der Waals surface area contributed by atoms with E-state index in [0.29, 0.717) is 0 Å². The molecule has 0 spiro atoms. The van der Waals surface area contributed by atoms with Gasteiger partial charge in [0.1, 0.15) is 7.11 Å². The Morgan fingerprint density at radius 3 is 2.77 bits per heavy atom. The van der Waals surface area contributed by atoms with Crippen LogP contribution in [0.1, 0.15) is 33.6 Å². The van der Waals surface area contributed by atoms with E-state index in [1.54, 1.807) is 18.2 Å². The van der Waals surface area contributed by atoms with Crippen molar-refractivity contribution in [2.45, 2.75) is 18.3 Å². The van der Waals surface area contributed by atoms with Crippen molar-refractivity contribution in [3.8, 4) is 0 Å². The highest BCUT2D eigenvalue weighted by Gasteiger charge is 2.39. The molecule has 1 aromatic carbocycles. The number of carbonyl (C=O) groups excluding carboxylic acids is 1. The van der Waals surface area contributed by atoms with Gasteiger partial charge in [-0.3, -0.25) is 9.48 Å². The van der Waals surface area contributed by atoms with Crippen LogP contribution < -0.4 is 5.32 Å². The van der Waals surface area contributed by atoms with Crippen LogP contribution in [0.15, 0.2) is 53.9 Å². The van der Waals surface area contributed by atoms with Gasteiger partial charge < -0.3 is 10.2 Å². The van der Waals surface area contributed by atoms with Crippen molar-refractivity contribution in [2.24, 2.45) is 12.2 Å². The summed E-state index contributed by atoms with van der Waals surface area (Å²) < 4.78 is 56.3. The highest BCUT2D eigenvalue weighted by molar-refractivity contribution is 6.08. The number of amides is 1. The number of anilines is 1. The third-order valence-corrected chi connectivity index (χ3v) is 4.44. The summed E-state index contributed by atoms with van der Waals surface area (Å²) in [6, 6.07) is 4.54. The number of hydrogen-bond acceptors (Lipinski definition) is 4. The number of oxime groups is 1. The average Bonchev–Trinajstić information content (AvgIpc) is 3.10. The molecular weight excluding hydrogens is 404 g/mol. The number of hydrogen-bond donors (Lipinski definition) is 1. The molecule has 1 aliphatic carbocycles. The highest BCUT2D eigenvalue weighted by Crippen LogP contribution is 2.40. The van der Waals surface area contributed by atoms with Crippen LogP contribution in [0.2, 0.25) is 0 Å². The van der Waals surface area contributed by atoms with Gasteiger partial charge in [0.15, 0.2) is 11.4 Å². The van der Waals surface area contributed by atoms with Crippen LogP contribution in [0.5, 0.6) is 0 Å². The normalized spacial score (nSPS) is 18.7. The molecule has 0 bridgehead atoms. The van der Waals surface area contributed by atoms with Crippen LogP contribution in [0.25, 0.3) is 0 Å². The first kappa shape index (κ1) is 21.3. The Hall–Kier alpha value is -3.43. The third-order valence-electron chi connectivity index (χ3n) is 4.44. The van der Waals surface area contributed by atoms with Crippen LogP contribution in [0, 0.1) is 0 Å². The molecule has 10 heteroatoms. The monoisotopic (exact) mass is 422 g/mol. The molecule has 1 N–H and O–H groups in total. The van der Waals surface area contributed by atoms with E-state index in [0.717, 1.165) is 10.9 Å². The largest absolute Gasteiger partial charge is 0.435 e. The zero-order chi connectivity index (χ0) is 21.9. The Labute approximate surface area is 169 Å². The molecule has 1 aromatic heterocycles. The van der Waals surface area contributed by atoms with E-state index < -0.39 is 29.0 Å². The van der Waals surface area contributed by atoms with Gasteiger partial charge in [0.05, 0.1) is 17.5 Å². The van der Waals surface area contributed by atoms with Gasteiger partial charge in [-0.2, -0.15) is 18.3 Å². The number of halogens is 4. The van der Waals surface area contributed by atoms with E-state index in [9.17, 15) is 18.0 Å². The summed E-state index contributed by atoms with van der Waals surface area (Å²) >= 11 is 0. The molecule has 3 rings (SSSR count). The van der Waals surface area contributed by atoms with Crippen molar-refractivity contribution in [3.05, 3.63) is 71.1 Å². The van der Waals surface area contributed by atoms with E-state index in [-0.39, 0.29) is 23.2 Å². The molecule has 1 heterocycles. The van der Waals surface area contributed by atoms with Gasteiger partial charge in [-0.25, -0.2) is 4.39 Å². The summed E-state index contributed by atoms with van der Waals surface area (Å²) in [6.07, 6.45) is 3.50. The zero-order valence-corrected chi connectivity index (χ0v) is 16.1. The standard InChI is InChI=1S/C20H18F4N4O2/c1-28-12-14(17(27-28)20(22,23)24)18(29)26-16-13(11-25-30-2)7-6-8-15(16)19(21)9-4-3-5-10-19/h3-9,11-12H,10H2,1-2H3,(H,26,29)/b25-11+. The van der Waals surface area contributed by atoms with Gasteiger partial charge in [-0.1, -0.05) is 41.6 Å². The lowest BCUT2D eigenvalue weighted by Crippen LogP contribution is -2.24. The fourth-order valence-electron chi connectivity index (χ4n) is 3.11. The minimum absolute atomic E-state index is 0.00205. The summed E-state index contributed by atoms with van der Waals surface area (Å²) in [7, 11) is 2.57. The van der Waals surface area contributed by atoms with Crippen molar-refractivity contribution in [3.63, 3.8) is 0 Å². The highest BCUT2D eigenvalue weighted by atomic mass is 19.4. The second kappa shape index (κ2) is 8.13. The molecule has 6 nitrogen and oxygen atoms in total. The van der Waals surface area contributed by atoms with Crippen LogP contribution in [-0.2, 0) is 23.7 Å². The summed E-state index contributed by atoms with van der Waals surface area (Å²) in [4.78, 5) is 17.4. The van der Waals surface area contributed by atoms with Crippen molar-refractivity contribution < 1.29 is 27.2 Å². The van der Waals surface area contributed by atoms with Crippen LogP contribution in [0.3, 0.4) is 0 Å². The van der Waals surface area contributed by atoms with Gasteiger partial charge in [0.2, 0.25) is 0 Å². The van der Waals surface area contributed by atoms with Gasteiger partial charge in [-0.15, -0.1) is 0 Å². The molecule has 1 atom stereocenters. The summed E-state index contributed by atoms with van der Waals surface area (Å²) in [5, 5.41) is 9.37. The second-order valence-electron chi connectivity index (χ2n) is 6.56. The maximum atomic E-state index is 15.6. The topological polar surface area (TPSA) is 68.5 Å². The molecule has 158 valence electrons. The third kappa shape index (κ3) is 4.27. The summed E-state index contributed by atoms with van der Waals surface area (Å²) in [5.41, 5.74) is -3.64. The maximum absolute atomic E-state index is 15.6. The lowest BCUT2D eigenvalue weighted by molar-refractivity contribution is -0.141. The van der Waals surface area contributed by atoms with Gasteiger partial charge in [0.25, 0.3) is 5.91 Å². The lowest BCUT2D eigenvalue weighted by atomic mass is 9.86. The molecule has 0 aliphatic heterocycles. The first-order chi connectivity index (χ1) is 14.2. The minimum atomic E-state index is -4.83. The van der Waals surface area contributed by atoms with E-state index in [2.05, 4.69) is 20.4 Å². The number of allylic oxidation sites excluding steroid dienone is 4. The molecule has 0 saturated heterocycles. The minimum Gasteiger partial charge on any atom is -0.399 e. The molecule has 0 fully saturated rings. The Bertz CT molecular complexity index is 1040. The Kier molecular flexibility index (Phi) is 5.77. The van der Waals surface area contributed by atoms with Crippen molar-refractivity contribution in [1.29, 1.82) is 0 Å². The Morgan fingerprint density at radius 2 is 2.13 bits per heavy atom. The molecule has 30 heavy (non-hydrogen) atoms. The number of aromatic nitrogens is 2. The smallest absolute Gasteiger partial charge is 0.399 e. The predicted octanol–water partition coefficient (Wildman–Crippen LogP) is 4.35. The Balaban J connectivity index is 2.09. The molecule has 2 aromatic rings. The van der Waals surface area contributed by atoms with Crippen LogP contribution in [0.4, 0.5) is 23.2 Å². The Morgan fingerprint density at radius 1 is 1.37 bits per heavy atom. The number of nitrogens with zero attached hydrogens (tertiary/aromatic N) is 3. The SMILES string of the molecule is CO/N=C/c1cccc(C2(F)C=CC=CC2)c1NC(=O)c1cn(C)nc1C(F)(F)F. The van der Waals surface area contributed by atoms with Gasteiger partial charge in [-0.05, 0) is 6.08 Å². The lowest BCUT2D eigenvalue weighted by Gasteiger charge is -2.26. The quantitative estimate of drug-likeness (QED) is 0.443. The predicted molar refractivity (Wildman–Crippen MR) is 103 cm³/mol. The zero-order valence-electron chi connectivity index (χ0n) is 16.1. The second-order valence-corrected chi connectivity index (χ2v) is 6.56. The average molecular weight is 422 g/mol. The number of alkyl halides is 4. The van der Waals surface area contributed by atoms with Crippen LogP contribution in [-0.4, -0.2) is 29.0 Å². The molecular formula is C20H18F4N4O2. The van der Waals surface area contributed by atoms with Gasteiger partial charge >= 0.3 is 6.18 Å². The number of nitrogens with one attached hydrogen (secondary N) is 1. The fraction of sp³-hybridized carbons (Fsp3) is 0.250. The van der Waals surface area contributed by atoms with E-state index >= 15 is 4.39 Å². The number of carbonyl (C=O) groups is 1. The van der Waals surface area contributed by atoms with Crippen molar-refractivity contribution in [1.82, 2.24) is 9.78 Å². The molecule has 0 saturated carbocycles. The van der Waals surface area contributed by atoms with Crippen molar-refractivity contribution in [2.75, 3.05) is 12.4 Å². The summed E-state index contributed by atoms with van der Waals surface area (Å²) in [5.74, 6) is -1.08. The summed E-state index contributed by atoms with van der Waals surface area (Å²) in [6.45, 7) is 0. The molecule has 1 amide bonds. The van der Waals surface area contributed by atoms with E-state index in [1.807, 2.05) is 0 Å². The first-order valence-corrected chi connectivity index (χ1v) is 8.81. The number of rotatable bonds is 5. The van der Waals surface area contributed by atoms with Gasteiger partial charge in [0, 0.05) is 30.8 Å². The number of para-hydroxylation sites is 1. The van der Waals surface area contributed by atoms with E-state index in [4.69, 9.17) is 0 Å². The number of benzene rings is 1. The number of aryl methyl sites for hydroxylation is 1. The van der Waals surface area contributed by atoms with Crippen LogP contribution >= 0.6 is 0 Å². The maximum Gasteiger partial charge on any atom is 0.435 e. The van der Waals surface area contributed by atoms with E-state index in [1.165, 1.54) is 44.7 Å².